The predicted octanol–water partition coefficient (Wildman–Crippen LogP) is 2.05. The van der Waals surface area contributed by atoms with Crippen LogP contribution in [0.15, 0.2) is 5.10 Å². The van der Waals surface area contributed by atoms with Gasteiger partial charge in [-0.2, -0.15) is 5.10 Å². The van der Waals surface area contributed by atoms with Crippen LogP contribution in [0.2, 0.25) is 0 Å². The van der Waals surface area contributed by atoms with Crippen LogP contribution in [0.5, 0.6) is 0 Å². The summed E-state index contributed by atoms with van der Waals surface area (Å²) in [5.41, 5.74) is 1.68. The molecule has 1 aliphatic heterocycles. The van der Waals surface area contributed by atoms with Crippen molar-refractivity contribution in [2.75, 3.05) is 0 Å². The molecule has 3 nitrogen and oxygen atoms in total. The lowest BCUT2D eigenvalue weighted by atomic mass is 10.0. The molecule has 0 fully saturated rings. The molecule has 76 valence electrons. The summed E-state index contributed by atoms with van der Waals surface area (Å²) in [7, 11) is 0. The van der Waals surface area contributed by atoms with Crippen LogP contribution in [-0.4, -0.2) is 20.3 Å². The molecule has 0 aromatic heterocycles. The Hall–Kier alpha value is 0.300. The van der Waals surface area contributed by atoms with Gasteiger partial charge in [-0.25, -0.2) is 0 Å². The molecule has 0 saturated heterocycles. The van der Waals surface area contributed by atoms with E-state index in [1.807, 2.05) is 13.8 Å². The average molecular weight is 246 g/mol. The third-order valence-corrected chi connectivity index (χ3v) is 2.89. The standard InChI is InChI=1S/C7H11Cl3N2O/c1-4(2)5-3-6(13,12-11-5)7(8,9)10/h4,12-13H,3H2,1-2H3. The Bertz CT molecular complexity index is 236. The van der Waals surface area contributed by atoms with E-state index in [1.54, 1.807) is 0 Å². The summed E-state index contributed by atoms with van der Waals surface area (Å²) in [6.07, 6.45) is 0.237. The maximum Gasteiger partial charge on any atom is 0.239 e. The number of nitrogens with one attached hydrogen (secondary N) is 1. The minimum absolute atomic E-state index is 0.230. The Morgan fingerprint density at radius 2 is 2.08 bits per heavy atom. The molecule has 0 aliphatic carbocycles. The minimum Gasteiger partial charge on any atom is -0.366 e. The van der Waals surface area contributed by atoms with Crippen LogP contribution >= 0.6 is 34.8 Å². The molecule has 0 aromatic carbocycles. The Balaban J connectivity index is 2.73. The molecule has 6 heteroatoms. The molecule has 1 rings (SSSR count). The van der Waals surface area contributed by atoms with Gasteiger partial charge < -0.3 is 5.11 Å². The normalized spacial score (nSPS) is 29.0. The van der Waals surface area contributed by atoms with Crippen LogP contribution in [0.4, 0.5) is 0 Å². The van der Waals surface area contributed by atoms with Gasteiger partial charge in [0.25, 0.3) is 0 Å². The Labute approximate surface area is 92.0 Å². The van der Waals surface area contributed by atoms with E-state index in [0.717, 1.165) is 5.71 Å². The van der Waals surface area contributed by atoms with E-state index in [1.165, 1.54) is 0 Å². The summed E-state index contributed by atoms with van der Waals surface area (Å²) in [6.45, 7) is 3.93. The van der Waals surface area contributed by atoms with E-state index in [0.29, 0.717) is 0 Å². The Kier molecular flexibility index (Phi) is 3.03. The Morgan fingerprint density at radius 3 is 2.31 bits per heavy atom. The predicted molar refractivity (Wildman–Crippen MR) is 55.3 cm³/mol. The van der Waals surface area contributed by atoms with E-state index in [2.05, 4.69) is 10.5 Å². The van der Waals surface area contributed by atoms with Crippen LogP contribution in [-0.2, 0) is 0 Å². The Morgan fingerprint density at radius 1 is 1.54 bits per heavy atom. The van der Waals surface area contributed by atoms with E-state index >= 15 is 0 Å². The summed E-state index contributed by atoms with van der Waals surface area (Å²) in [4.78, 5) is 0. The smallest absolute Gasteiger partial charge is 0.239 e. The molecule has 1 unspecified atom stereocenters. The van der Waals surface area contributed by atoms with Crippen molar-refractivity contribution < 1.29 is 5.11 Å². The van der Waals surface area contributed by atoms with Gasteiger partial charge in [-0.05, 0) is 5.92 Å². The molecule has 0 spiro atoms. The highest BCUT2D eigenvalue weighted by molar-refractivity contribution is 6.68. The van der Waals surface area contributed by atoms with Crippen molar-refractivity contribution in [3.05, 3.63) is 0 Å². The number of hydrogen-bond donors (Lipinski definition) is 2. The molecule has 2 N–H and O–H groups in total. The molecule has 0 radical (unpaired) electrons. The first kappa shape index (κ1) is 11.4. The lowest BCUT2D eigenvalue weighted by molar-refractivity contribution is 0.0268. The van der Waals surface area contributed by atoms with Gasteiger partial charge >= 0.3 is 0 Å². The summed E-state index contributed by atoms with van der Waals surface area (Å²) >= 11 is 16.8. The third-order valence-electron chi connectivity index (χ3n) is 1.96. The molecule has 13 heavy (non-hydrogen) atoms. The van der Waals surface area contributed by atoms with Crippen molar-refractivity contribution >= 4 is 40.5 Å². The number of hydrogen-bond acceptors (Lipinski definition) is 3. The van der Waals surface area contributed by atoms with Crippen molar-refractivity contribution in [1.29, 1.82) is 0 Å². The first-order valence-corrected chi connectivity index (χ1v) is 5.02. The maximum absolute atomic E-state index is 9.83. The summed E-state index contributed by atoms with van der Waals surface area (Å²) in [5, 5.41) is 13.7. The molecular weight excluding hydrogens is 234 g/mol. The van der Waals surface area contributed by atoms with Crippen molar-refractivity contribution in [3.8, 4) is 0 Å². The first-order valence-electron chi connectivity index (χ1n) is 3.89. The van der Waals surface area contributed by atoms with Gasteiger partial charge in [0.1, 0.15) is 0 Å². The number of alkyl halides is 3. The second-order valence-electron chi connectivity index (χ2n) is 3.40. The van der Waals surface area contributed by atoms with Crippen molar-refractivity contribution in [2.45, 2.75) is 29.8 Å². The molecule has 0 amide bonds. The number of rotatable bonds is 1. The lowest BCUT2D eigenvalue weighted by Gasteiger charge is -2.29. The molecule has 1 atom stereocenters. The largest absolute Gasteiger partial charge is 0.366 e. The first-order chi connectivity index (χ1) is 5.76. The number of nitrogens with zero attached hydrogens (tertiary/aromatic N) is 1. The highest BCUT2D eigenvalue weighted by Crippen LogP contribution is 2.41. The van der Waals surface area contributed by atoms with Crippen LogP contribution < -0.4 is 5.43 Å². The quantitative estimate of drug-likeness (QED) is 0.695. The molecular formula is C7H11Cl3N2O. The average Bonchev–Trinajstić information content (AvgIpc) is 2.31. The zero-order valence-corrected chi connectivity index (χ0v) is 9.58. The number of aliphatic hydroxyl groups is 1. The van der Waals surface area contributed by atoms with E-state index in [4.69, 9.17) is 34.8 Å². The topological polar surface area (TPSA) is 44.6 Å². The second kappa shape index (κ2) is 3.46. The fourth-order valence-electron chi connectivity index (χ4n) is 1.00. The van der Waals surface area contributed by atoms with Crippen LogP contribution in [0.25, 0.3) is 0 Å². The summed E-state index contributed by atoms with van der Waals surface area (Å²) in [6, 6.07) is 0. The minimum atomic E-state index is -1.77. The lowest BCUT2D eigenvalue weighted by Crippen LogP contribution is -2.50. The maximum atomic E-state index is 9.83. The molecule has 0 saturated carbocycles. The number of hydrazone groups is 1. The molecule has 1 aliphatic rings. The van der Waals surface area contributed by atoms with E-state index in [-0.39, 0.29) is 12.3 Å². The summed E-state index contributed by atoms with van der Waals surface area (Å²) in [5.74, 6) is 0.230. The van der Waals surface area contributed by atoms with Crippen molar-refractivity contribution in [2.24, 2.45) is 11.0 Å². The van der Waals surface area contributed by atoms with E-state index < -0.39 is 9.52 Å². The van der Waals surface area contributed by atoms with Crippen LogP contribution in [0.3, 0.4) is 0 Å². The van der Waals surface area contributed by atoms with Gasteiger partial charge in [-0.1, -0.05) is 48.7 Å². The van der Waals surface area contributed by atoms with Gasteiger partial charge in [-0.3, -0.25) is 5.43 Å². The second-order valence-corrected chi connectivity index (χ2v) is 5.69. The summed E-state index contributed by atoms with van der Waals surface area (Å²) < 4.78 is -1.77. The van der Waals surface area contributed by atoms with Gasteiger partial charge in [-0.15, -0.1) is 0 Å². The van der Waals surface area contributed by atoms with Gasteiger partial charge in [0.05, 0.1) is 0 Å². The fraction of sp³-hybridized carbons (Fsp3) is 0.857. The van der Waals surface area contributed by atoms with Gasteiger partial charge in [0, 0.05) is 12.1 Å². The zero-order valence-electron chi connectivity index (χ0n) is 7.31. The highest BCUT2D eigenvalue weighted by atomic mass is 35.6. The third kappa shape index (κ3) is 2.21. The van der Waals surface area contributed by atoms with Crippen LogP contribution in [0.1, 0.15) is 20.3 Å². The van der Waals surface area contributed by atoms with Crippen molar-refractivity contribution in [3.63, 3.8) is 0 Å². The van der Waals surface area contributed by atoms with E-state index in [9.17, 15) is 5.11 Å². The molecule has 0 aromatic rings. The van der Waals surface area contributed by atoms with Gasteiger partial charge in [0.2, 0.25) is 9.52 Å². The van der Waals surface area contributed by atoms with Crippen molar-refractivity contribution in [1.82, 2.24) is 5.43 Å². The molecule has 1 heterocycles. The van der Waals surface area contributed by atoms with Gasteiger partial charge in [0.15, 0.2) is 0 Å². The van der Waals surface area contributed by atoms with Crippen LogP contribution in [0, 0.1) is 5.92 Å². The number of halogens is 3. The fourth-order valence-corrected chi connectivity index (χ4v) is 1.33. The molecule has 0 bridgehead atoms. The zero-order chi connectivity index (χ0) is 10.3. The monoisotopic (exact) mass is 244 g/mol. The SMILES string of the molecule is CC(C)C1=NNC(O)(C(Cl)(Cl)Cl)C1. The highest BCUT2D eigenvalue weighted by Gasteiger charge is 2.51.